The summed E-state index contributed by atoms with van der Waals surface area (Å²) in [6.45, 7) is 1.61. The SMILES string of the molecule is COC(=O)C[C@H](C)[C@H](NC(=O)c1ccc(F)cc1)C(=O)OC. The molecule has 120 valence electrons. The highest BCUT2D eigenvalue weighted by molar-refractivity contribution is 5.96. The van der Waals surface area contributed by atoms with Crippen LogP contribution in [-0.2, 0) is 19.1 Å². The lowest BCUT2D eigenvalue weighted by Crippen LogP contribution is -2.46. The molecule has 22 heavy (non-hydrogen) atoms. The molecule has 0 aliphatic carbocycles. The van der Waals surface area contributed by atoms with Crippen molar-refractivity contribution in [1.82, 2.24) is 5.32 Å². The Morgan fingerprint density at radius 3 is 2.23 bits per heavy atom. The molecule has 0 aliphatic heterocycles. The quantitative estimate of drug-likeness (QED) is 0.801. The van der Waals surface area contributed by atoms with Gasteiger partial charge in [0.05, 0.1) is 20.6 Å². The molecule has 0 fully saturated rings. The number of methoxy groups -OCH3 is 2. The lowest BCUT2D eigenvalue weighted by atomic mass is 9.98. The maximum Gasteiger partial charge on any atom is 0.328 e. The van der Waals surface area contributed by atoms with Crippen LogP contribution in [0.2, 0.25) is 0 Å². The Balaban J connectivity index is 2.84. The van der Waals surface area contributed by atoms with Gasteiger partial charge in [-0.05, 0) is 30.2 Å². The molecule has 2 atom stereocenters. The zero-order chi connectivity index (χ0) is 16.7. The molecule has 1 amide bonds. The molecule has 0 bridgehead atoms. The molecule has 7 heteroatoms. The fourth-order valence-corrected chi connectivity index (χ4v) is 1.85. The first-order valence-corrected chi connectivity index (χ1v) is 6.60. The average Bonchev–Trinajstić information content (AvgIpc) is 2.51. The summed E-state index contributed by atoms with van der Waals surface area (Å²) in [5.74, 6) is -2.74. The second kappa shape index (κ2) is 8.11. The van der Waals surface area contributed by atoms with Gasteiger partial charge in [0.15, 0.2) is 0 Å². The summed E-state index contributed by atoms with van der Waals surface area (Å²) in [5, 5.41) is 2.49. The summed E-state index contributed by atoms with van der Waals surface area (Å²) < 4.78 is 22.0. The van der Waals surface area contributed by atoms with Crippen LogP contribution in [0.3, 0.4) is 0 Å². The van der Waals surface area contributed by atoms with Crippen LogP contribution in [0.1, 0.15) is 23.7 Å². The molecule has 1 rings (SSSR count). The third-order valence-corrected chi connectivity index (χ3v) is 3.13. The van der Waals surface area contributed by atoms with Crippen LogP contribution in [0.25, 0.3) is 0 Å². The van der Waals surface area contributed by atoms with Gasteiger partial charge in [0.1, 0.15) is 11.9 Å². The molecule has 0 radical (unpaired) electrons. The fraction of sp³-hybridized carbons (Fsp3) is 0.400. The fourth-order valence-electron chi connectivity index (χ4n) is 1.85. The van der Waals surface area contributed by atoms with Crippen molar-refractivity contribution in [2.75, 3.05) is 14.2 Å². The van der Waals surface area contributed by atoms with Crippen LogP contribution in [0.5, 0.6) is 0 Å². The van der Waals surface area contributed by atoms with Gasteiger partial charge in [0.25, 0.3) is 5.91 Å². The number of hydrogen-bond donors (Lipinski definition) is 1. The zero-order valence-corrected chi connectivity index (χ0v) is 12.6. The molecule has 0 unspecified atom stereocenters. The molecule has 0 saturated carbocycles. The average molecular weight is 311 g/mol. The van der Waals surface area contributed by atoms with Crippen molar-refractivity contribution < 1.29 is 28.2 Å². The van der Waals surface area contributed by atoms with Crippen molar-refractivity contribution in [3.05, 3.63) is 35.6 Å². The van der Waals surface area contributed by atoms with Crippen LogP contribution >= 0.6 is 0 Å². The number of ether oxygens (including phenoxy) is 2. The van der Waals surface area contributed by atoms with E-state index in [0.29, 0.717) is 0 Å². The molecule has 1 aromatic carbocycles. The molecular weight excluding hydrogens is 293 g/mol. The van der Waals surface area contributed by atoms with E-state index in [9.17, 15) is 18.8 Å². The summed E-state index contributed by atoms with van der Waals surface area (Å²) >= 11 is 0. The van der Waals surface area contributed by atoms with E-state index in [1.165, 1.54) is 26.4 Å². The van der Waals surface area contributed by atoms with E-state index >= 15 is 0 Å². The Bertz CT molecular complexity index is 543. The largest absolute Gasteiger partial charge is 0.469 e. The summed E-state index contributed by atoms with van der Waals surface area (Å²) in [6, 6.07) is 3.86. The van der Waals surface area contributed by atoms with Gasteiger partial charge in [0, 0.05) is 5.56 Å². The highest BCUT2D eigenvalue weighted by atomic mass is 19.1. The Kier molecular flexibility index (Phi) is 6.49. The topological polar surface area (TPSA) is 81.7 Å². The van der Waals surface area contributed by atoms with Gasteiger partial charge < -0.3 is 14.8 Å². The summed E-state index contributed by atoms with van der Waals surface area (Å²) in [7, 11) is 2.42. The number of carbonyl (C=O) groups is 3. The second-order valence-corrected chi connectivity index (χ2v) is 4.74. The van der Waals surface area contributed by atoms with Crippen molar-refractivity contribution in [1.29, 1.82) is 0 Å². The highest BCUT2D eigenvalue weighted by Gasteiger charge is 2.29. The zero-order valence-electron chi connectivity index (χ0n) is 12.6. The van der Waals surface area contributed by atoms with Crippen LogP contribution in [0.15, 0.2) is 24.3 Å². The van der Waals surface area contributed by atoms with Crippen LogP contribution in [0.4, 0.5) is 4.39 Å². The van der Waals surface area contributed by atoms with Gasteiger partial charge in [0.2, 0.25) is 0 Å². The van der Waals surface area contributed by atoms with Crippen LogP contribution < -0.4 is 5.32 Å². The third kappa shape index (κ3) is 4.83. The van der Waals surface area contributed by atoms with Gasteiger partial charge >= 0.3 is 11.9 Å². The Morgan fingerprint density at radius 1 is 1.14 bits per heavy atom. The molecule has 0 saturated heterocycles. The van der Waals surface area contributed by atoms with Crippen molar-refractivity contribution in [3.63, 3.8) is 0 Å². The molecule has 1 aromatic rings. The Hall–Kier alpha value is -2.44. The van der Waals surface area contributed by atoms with E-state index in [2.05, 4.69) is 14.8 Å². The first kappa shape index (κ1) is 17.6. The minimum absolute atomic E-state index is 0.0556. The van der Waals surface area contributed by atoms with Gasteiger partial charge in [-0.2, -0.15) is 0 Å². The standard InChI is InChI=1S/C15H18FNO5/c1-9(8-12(18)21-2)13(15(20)22-3)17-14(19)10-4-6-11(16)7-5-10/h4-7,9,13H,8H2,1-3H3,(H,17,19)/t9-,13-/m0/s1. The van der Waals surface area contributed by atoms with Crippen LogP contribution in [0, 0.1) is 11.7 Å². The minimum atomic E-state index is -1.01. The van der Waals surface area contributed by atoms with Gasteiger partial charge in [-0.15, -0.1) is 0 Å². The predicted octanol–water partition coefficient (Wildman–Crippen LogP) is 1.30. The smallest absolute Gasteiger partial charge is 0.328 e. The number of carbonyl (C=O) groups excluding carboxylic acids is 3. The van der Waals surface area contributed by atoms with Crippen molar-refractivity contribution >= 4 is 17.8 Å². The van der Waals surface area contributed by atoms with E-state index in [1.807, 2.05) is 0 Å². The lowest BCUT2D eigenvalue weighted by molar-refractivity contribution is -0.146. The summed E-state index contributed by atoms with van der Waals surface area (Å²) in [4.78, 5) is 35.2. The van der Waals surface area contributed by atoms with E-state index in [-0.39, 0.29) is 12.0 Å². The maximum absolute atomic E-state index is 12.8. The van der Waals surface area contributed by atoms with Crippen molar-refractivity contribution in [2.45, 2.75) is 19.4 Å². The summed E-state index contributed by atoms with van der Waals surface area (Å²) in [6.07, 6.45) is -0.0556. The first-order chi connectivity index (χ1) is 10.4. The maximum atomic E-state index is 12.8. The molecule has 0 aliphatic rings. The predicted molar refractivity (Wildman–Crippen MR) is 75.5 cm³/mol. The summed E-state index contributed by atoms with van der Waals surface area (Å²) in [5.41, 5.74) is 0.195. The van der Waals surface area contributed by atoms with E-state index in [1.54, 1.807) is 6.92 Å². The number of esters is 2. The Morgan fingerprint density at radius 2 is 1.73 bits per heavy atom. The van der Waals surface area contributed by atoms with Gasteiger partial charge in [-0.25, -0.2) is 9.18 Å². The minimum Gasteiger partial charge on any atom is -0.469 e. The lowest BCUT2D eigenvalue weighted by Gasteiger charge is -2.22. The molecule has 6 nitrogen and oxygen atoms in total. The Labute approximate surface area is 127 Å². The monoisotopic (exact) mass is 311 g/mol. The highest BCUT2D eigenvalue weighted by Crippen LogP contribution is 2.12. The second-order valence-electron chi connectivity index (χ2n) is 4.74. The number of rotatable bonds is 6. The molecule has 1 N–H and O–H groups in total. The van der Waals surface area contributed by atoms with Crippen LogP contribution in [-0.4, -0.2) is 38.1 Å². The number of amides is 1. The molecular formula is C15H18FNO5. The first-order valence-electron chi connectivity index (χ1n) is 6.60. The normalized spacial score (nSPS) is 12.9. The molecule has 0 heterocycles. The van der Waals surface area contributed by atoms with E-state index in [4.69, 9.17) is 0 Å². The number of nitrogens with one attached hydrogen (secondary N) is 1. The number of hydrogen-bond acceptors (Lipinski definition) is 5. The van der Waals surface area contributed by atoms with Crippen molar-refractivity contribution in [2.24, 2.45) is 5.92 Å². The van der Waals surface area contributed by atoms with Gasteiger partial charge in [-0.1, -0.05) is 6.92 Å². The molecule has 0 spiro atoms. The van der Waals surface area contributed by atoms with Crippen molar-refractivity contribution in [3.8, 4) is 0 Å². The van der Waals surface area contributed by atoms with E-state index in [0.717, 1.165) is 12.1 Å². The third-order valence-electron chi connectivity index (χ3n) is 3.13. The molecule has 0 aromatic heterocycles. The number of benzene rings is 1. The van der Waals surface area contributed by atoms with E-state index < -0.39 is 35.6 Å². The van der Waals surface area contributed by atoms with Gasteiger partial charge in [-0.3, -0.25) is 9.59 Å². The number of halogens is 1.